The van der Waals surface area contributed by atoms with Crippen molar-refractivity contribution in [3.8, 4) is 0 Å². The summed E-state index contributed by atoms with van der Waals surface area (Å²) in [6.07, 6.45) is 0.571. The molecule has 4 unspecified atom stereocenters. The summed E-state index contributed by atoms with van der Waals surface area (Å²) < 4.78 is 15.5. The fourth-order valence-corrected chi connectivity index (χ4v) is 4.49. The number of hydrogen-bond acceptors (Lipinski definition) is 8. The molecule has 3 N–H and O–H groups in total. The van der Waals surface area contributed by atoms with Gasteiger partial charge in [0.2, 0.25) is 11.8 Å². The Morgan fingerprint density at radius 1 is 0.881 bits per heavy atom. The number of rotatable bonds is 15. The van der Waals surface area contributed by atoms with Crippen LogP contribution >= 0.6 is 0 Å². The van der Waals surface area contributed by atoms with E-state index in [4.69, 9.17) is 14.0 Å². The molecule has 0 bridgehead atoms. The van der Waals surface area contributed by atoms with Crippen LogP contribution in [0, 0.1) is 6.92 Å². The number of Topliss-reactive ketones (excluding diaryl/α,β-unsaturated/α-hetero) is 1. The monoisotopic (exact) mass is 576 g/mol. The van der Waals surface area contributed by atoms with E-state index in [0.717, 1.165) is 11.1 Å². The highest BCUT2D eigenvalue weighted by molar-refractivity contribution is 5.99. The van der Waals surface area contributed by atoms with Crippen molar-refractivity contribution in [2.45, 2.75) is 56.8 Å². The molecule has 1 saturated heterocycles. The molecule has 0 saturated carbocycles. The predicted octanol–water partition coefficient (Wildman–Crippen LogP) is 1.93. The number of benzene rings is 2. The molecule has 1 aliphatic rings. The van der Waals surface area contributed by atoms with Gasteiger partial charge in [0.05, 0.1) is 12.6 Å². The largest absolute Gasteiger partial charge is 0.385 e. The molecule has 0 aliphatic carbocycles. The Balaban J connectivity index is 1.54. The fraction of sp³-hybridized carbons (Fsp3) is 0.387. The number of ketones is 1. The highest BCUT2D eigenvalue weighted by atomic mass is 16.6. The van der Waals surface area contributed by atoms with Crippen molar-refractivity contribution in [3.05, 3.63) is 89.3 Å². The first-order chi connectivity index (χ1) is 20.2. The Morgan fingerprint density at radius 3 is 1.95 bits per heavy atom. The van der Waals surface area contributed by atoms with Crippen LogP contribution in [0.4, 0.5) is 0 Å². The van der Waals surface area contributed by atoms with Gasteiger partial charge < -0.3 is 29.9 Å². The molecule has 4 atom stereocenters. The van der Waals surface area contributed by atoms with Crippen molar-refractivity contribution in [3.63, 3.8) is 0 Å². The Kier molecular flexibility index (Phi) is 10.2. The first-order valence-electron chi connectivity index (χ1n) is 13.8. The van der Waals surface area contributed by atoms with Gasteiger partial charge in [0.15, 0.2) is 11.5 Å². The van der Waals surface area contributed by atoms with Gasteiger partial charge in [0.1, 0.15) is 23.4 Å². The van der Waals surface area contributed by atoms with Crippen LogP contribution in [0.2, 0.25) is 0 Å². The molecule has 1 aliphatic heterocycles. The van der Waals surface area contributed by atoms with Gasteiger partial charge in [0.25, 0.3) is 5.91 Å². The van der Waals surface area contributed by atoms with Crippen molar-refractivity contribution < 1.29 is 33.2 Å². The quantitative estimate of drug-likeness (QED) is 0.232. The SMILES string of the molecule is COCCC(NC(=O)c1cc(C)on1)C(=O)NC(Cc1ccccc1)C(=O)NC(Cc1ccccc1)C(=O)C1(C)CO1. The number of carbonyl (C=O) groups is 4. The number of methoxy groups -OCH3 is 1. The molecule has 222 valence electrons. The third-order valence-corrected chi connectivity index (χ3v) is 7.02. The average Bonchev–Trinajstić information content (AvgIpc) is 3.59. The summed E-state index contributed by atoms with van der Waals surface area (Å²) >= 11 is 0. The molecule has 3 amide bonds. The number of amides is 3. The summed E-state index contributed by atoms with van der Waals surface area (Å²) in [7, 11) is 1.48. The van der Waals surface area contributed by atoms with Crippen LogP contribution in [0.1, 0.15) is 40.7 Å². The predicted molar refractivity (Wildman–Crippen MR) is 153 cm³/mol. The van der Waals surface area contributed by atoms with E-state index in [1.54, 1.807) is 13.8 Å². The first-order valence-corrected chi connectivity index (χ1v) is 13.8. The van der Waals surface area contributed by atoms with Gasteiger partial charge in [-0.3, -0.25) is 19.2 Å². The number of nitrogens with one attached hydrogen (secondary N) is 3. The first kappa shape index (κ1) is 30.6. The molecule has 42 heavy (non-hydrogen) atoms. The van der Waals surface area contributed by atoms with Crippen LogP contribution in [0.15, 0.2) is 71.3 Å². The number of carbonyl (C=O) groups excluding carboxylic acids is 4. The van der Waals surface area contributed by atoms with Crippen LogP contribution in [0.5, 0.6) is 0 Å². The summed E-state index contributed by atoms with van der Waals surface area (Å²) in [4.78, 5) is 53.4. The standard InChI is InChI=1S/C31H36N4O7/c1-20-16-26(35-42-20)30(39)32-23(14-15-40-3)28(37)34-25(18-22-12-8-5-9-13-22)29(38)33-24(27(36)31(2)19-41-31)17-21-10-6-4-7-11-21/h4-13,16,23-25H,14-15,17-19H2,1-3H3,(H,32,39)(H,33,38)(H,34,37). The third kappa shape index (κ3) is 8.34. The lowest BCUT2D eigenvalue weighted by Gasteiger charge is -2.26. The van der Waals surface area contributed by atoms with Gasteiger partial charge in [-0.15, -0.1) is 0 Å². The van der Waals surface area contributed by atoms with Gasteiger partial charge in [-0.25, -0.2) is 0 Å². The molecule has 1 fully saturated rings. The van der Waals surface area contributed by atoms with Crippen LogP contribution in [0.3, 0.4) is 0 Å². The zero-order valence-electron chi connectivity index (χ0n) is 23.9. The molecular formula is C31H36N4O7. The van der Waals surface area contributed by atoms with E-state index in [1.807, 2.05) is 60.7 Å². The summed E-state index contributed by atoms with van der Waals surface area (Å²) in [6.45, 7) is 3.81. The lowest BCUT2D eigenvalue weighted by molar-refractivity contribution is -0.133. The maximum atomic E-state index is 13.8. The number of aryl methyl sites for hydroxylation is 1. The van der Waals surface area contributed by atoms with Gasteiger partial charge in [-0.1, -0.05) is 65.8 Å². The molecular weight excluding hydrogens is 540 g/mol. The molecule has 2 aromatic carbocycles. The smallest absolute Gasteiger partial charge is 0.274 e. The molecule has 2 heterocycles. The molecule has 4 rings (SSSR count). The Hall–Kier alpha value is -4.35. The number of nitrogens with zero attached hydrogens (tertiary/aromatic N) is 1. The fourth-order valence-electron chi connectivity index (χ4n) is 4.49. The van der Waals surface area contributed by atoms with Crippen molar-refractivity contribution in [2.24, 2.45) is 0 Å². The maximum absolute atomic E-state index is 13.8. The van der Waals surface area contributed by atoms with Crippen molar-refractivity contribution >= 4 is 23.5 Å². The van der Waals surface area contributed by atoms with E-state index >= 15 is 0 Å². The average molecular weight is 577 g/mol. The highest BCUT2D eigenvalue weighted by Gasteiger charge is 2.50. The topological polar surface area (TPSA) is 152 Å². The Morgan fingerprint density at radius 2 is 1.43 bits per heavy atom. The molecule has 11 nitrogen and oxygen atoms in total. The second kappa shape index (κ2) is 14.0. The van der Waals surface area contributed by atoms with E-state index in [0.29, 0.717) is 5.76 Å². The van der Waals surface area contributed by atoms with Gasteiger partial charge >= 0.3 is 0 Å². The minimum Gasteiger partial charge on any atom is -0.385 e. The van der Waals surface area contributed by atoms with Crippen LogP contribution in [-0.2, 0) is 36.7 Å². The maximum Gasteiger partial charge on any atom is 0.274 e. The van der Waals surface area contributed by atoms with Crippen molar-refractivity contribution in [1.29, 1.82) is 0 Å². The molecule has 0 radical (unpaired) electrons. The van der Waals surface area contributed by atoms with E-state index in [9.17, 15) is 19.2 Å². The van der Waals surface area contributed by atoms with Crippen molar-refractivity contribution in [2.75, 3.05) is 20.3 Å². The molecule has 3 aromatic rings. The molecule has 1 aromatic heterocycles. The van der Waals surface area contributed by atoms with E-state index in [1.165, 1.54) is 13.2 Å². The minimum absolute atomic E-state index is 0.0272. The lowest BCUT2D eigenvalue weighted by atomic mass is 9.94. The summed E-state index contributed by atoms with van der Waals surface area (Å²) in [6, 6.07) is 17.1. The molecule has 0 spiro atoms. The van der Waals surface area contributed by atoms with Crippen molar-refractivity contribution in [1.82, 2.24) is 21.1 Å². The normalized spacial score (nSPS) is 17.9. The van der Waals surface area contributed by atoms with E-state index < -0.39 is 41.4 Å². The lowest BCUT2D eigenvalue weighted by Crippen LogP contribution is -2.57. The number of epoxide rings is 1. The van der Waals surface area contributed by atoms with Gasteiger partial charge in [0, 0.05) is 26.2 Å². The summed E-state index contributed by atoms with van der Waals surface area (Å²) in [5.74, 6) is -1.51. The molecule has 11 heteroatoms. The van der Waals surface area contributed by atoms with Gasteiger partial charge in [-0.2, -0.15) is 0 Å². The van der Waals surface area contributed by atoms with E-state index in [2.05, 4.69) is 21.1 Å². The number of ether oxygens (including phenoxy) is 2. The summed E-state index contributed by atoms with van der Waals surface area (Å²) in [5, 5.41) is 12.0. The minimum atomic E-state index is -1.05. The number of aromatic nitrogens is 1. The second-order valence-corrected chi connectivity index (χ2v) is 10.5. The van der Waals surface area contributed by atoms with Crippen LogP contribution < -0.4 is 16.0 Å². The Bertz CT molecular complexity index is 1370. The van der Waals surface area contributed by atoms with Gasteiger partial charge in [-0.05, 0) is 37.8 Å². The Labute approximate surface area is 244 Å². The zero-order chi connectivity index (χ0) is 30.1. The van der Waals surface area contributed by atoms with Crippen LogP contribution in [-0.4, -0.2) is 72.7 Å². The number of hydrogen-bond donors (Lipinski definition) is 3. The highest BCUT2D eigenvalue weighted by Crippen LogP contribution is 2.29. The summed E-state index contributed by atoms with van der Waals surface area (Å²) in [5.41, 5.74) is 0.741. The van der Waals surface area contributed by atoms with E-state index in [-0.39, 0.29) is 44.0 Å². The third-order valence-electron chi connectivity index (χ3n) is 7.02. The second-order valence-electron chi connectivity index (χ2n) is 10.5. The van der Waals surface area contributed by atoms with Crippen LogP contribution in [0.25, 0.3) is 0 Å². The zero-order valence-corrected chi connectivity index (χ0v) is 23.9.